The lowest BCUT2D eigenvalue weighted by Gasteiger charge is -2.28. The number of benzene rings is 1. The van der Waals surface area contributed by atoms with E-state index in [1.54, 1.807) is 43.8 Å². The van der Waals surface area contributed by atoms with Gasteiger partial charge in [0.1, 0.15) is 21.9 Å². The molecule has 31 heavy (non-hydrogen) atoms. The Hall–Kier alpha value is -2.67. The van der Waals surface area contributed by atoms with Crippen LogP contribution >= 0.6 is 11.3 Å². The number of fused-ring (bicyclic) bond motifs is 3. The van der Waals surface area contributed by atoms with E-state index in [4.69, 9.17) is 14.5 Å². The van der Waals surface area contributed by atoms with Crippen LogP contribution in [0.25, 0.3) is 10.2 Å². The highest BCUT2D eigenvalue weighted by molar-refractivity contribution is 7.18. The van der Waals surface area contributed by atoms with E-state index in [1.807, 2.05) is 24.3 Å². The topological polar surface area (TPSA) is 70.4 Å². The van der Waals surface area contributed by atoms with Crippen LogP contribution in [0.3, 0.4) is 0 Å². The number of ether oxygens (including phenoxy) is 2. The molecule has 0 N–H and O–H groups in total. The lowest BCUT2D eigenvalue weighted by Crippen LogP contribution is -2.46. The number of nitrogens with zero attached hydrogens (tertiary/aromatic N) is 2. The number of hydrogen-bond acceptors (Lipinski definition) is 6. The van der Waals surface area contributed by atoms with Crippen molar-refractivity contribution in [2.24, 2.45) is 0 Å². The fourth-order valence-electron chi connectivity index (χ4n) is 4.36. The summed E-state index contributed by atoms with van der Waals surface area (Å²) in [6, 6.07) is 7.67. The van der Waals surface area contributed by atoms with Crippen LogP contribution in [0, 0.1) is 0 Å². The van der Waals surface area contributed by atoms with Gasteiger partial charge in [0.15, 0.2) is 0 Å². The maximum absolute atomic E-state index is 13.9. The molecule has 0 amide bonds. The molecule has 0 atom stereocenters. The smallest absolute Gasteiger partial charge is 0.331 e. The summed E-state index contributed by atoms with van der Waals surface area (Å²) in [5.41, 5.74) is 0.675. The van der Waals surface area contributed by atoms with Crippen LogP contribution in [-0.4, -0.2) is 29.2 Å². The van der Waals surface area contributed by atoms with Crippen LogP contribution < -0.4 is 10.3 Å². The molecular formula is C24H28N2O4S. The summed E-state index contributed by atoms with van der Waals surface area (Å²) >= 11 is 1.61. The quantitative estimate of drug-likeness (QED) is 0.537. The predicted octanol–water partition coefficient (Wildman–Crippen LogP) is 4.23. The number of para-hydroxylation sites is 1. The van der Waals surface area contributed by atoms with Crippen molar-refractivity contribution in [3.05, 3.63) is 56.4 Å². The zero-order valence-corrected chi connectivity index (χ0v) is 19.3. The average molecular weight is 441 g/mol. The van der Waals surface area contributed by atoms with Crippen molar-refractivity contribution in [3.8, 4) is 5.75 Å². The van der Waals surface area contributed by atoms with Crippen LogP contribution in [0.4, 0.5) is 0 Å². The van der Waals surface area contributed by atoms with Gasteiger partial charge in [0.05, 0.1) is 19.1 Å². The number of carbonyl (C=O) groups excluding carboxylic acids is 1. The minimum Gasteiger partial charge on any atom is -0.496 e. The Balaban J connectivity index is 1.97. The molecule has 2 aromatic heterocycles. The molecule has 7 heteroatoms. The monoisotopic (exact) mass is 440 g/mol. The van der Waals surface area contributed by atoms with Gasteiger partial charge in [-0.3, -0.25) is 9.36 Å². The predicted molar refractivity (Wildman–Crippen MR) is 122 cm³/mol. The number of hydrogen-bond donors (Lipinski definition) is 0. The van der Waals surface area contributed by atoms with Crippen LogP contribution in [0.15, 0.2) is 29.1 Å². The lowest BCUT2D eigenvalue weighted by atomic mass is 9.96. The minimum atomic E-state index is -1.19. The van der Waals surface area contributed by atoms with Gasteiger partial charge in [-0.1, -0.05) is 18.2 Å². The lowest BCUT2D eigenvalue weighted by molar-refractivity contribution is -0.152. The molecule has 2 heterocycles. The van der Waals surface area contributed by atoms with E-state index in [2.05, 4.69) is 0 Å². The second kappa shape index (κ2) is 8.46. The number of aryl methyl sites for hydroxylation is 2. The summed E-state index contributed by atoms with van der Waals surface area (Å²) in [5.74, 6) is 0.824. The highest BCUT2D eigenvalue weighted by Crippen LogP contribution is 2.35. The third kappa shape index (κ3) is 3.76. The Kier molecular flexibility index (Phi) is 5.88. The normalized spacial score (nSPS) is 13.8. The van der Waals surface area contributed by atoms with Gasteiger partial charge in [-0.25, -0.2) is 9.78 Å². The van der Waals surface area contributed by atoms with Crippen molar-refractivity contribution in [2.75, 3.05) is 13.7 Å². The second-order valence-corrected chi connectivity index (χ2v) is 9.41. The number of methoxy groups -OCH3 is 1. The largest absolute Gasteiger partial charge is 0.496 e. The van der Waals surface area contributed by atoms with Gasteiger partial charge < -0.3 is 9.47 Å². The molecule has 3 aromatic rings. The van der Waals surface area contributed by atoms with Crippen molar-refractivity contribution in [1.82, 2.24) is 9.55 Å². The van der Waals surface area contributed by atoms with E-state index in [-0.39, 0.29) is 12.2 Å². The minimum absolute atomic E-state index is 0.160. The van der Waals surface area contributed by atoms with Crippen LogP contribution in [0.5, 0.6) is 5.75 Å². The van der Waals surface area contributed by atoms with Crippen LogP contribution in [0.1, 0.15) is 55.4 Å². The third-order valence-corrected chi connectivity index (χ3v) is 7.12. The average Bonchev–Trinajstić information content (AvgIpc) is 3.12. The van der Waals surface area contributed by atoms with Gasteiger partial charge >= 0.3 is 5.97 Å². The Bertz CT molecular complexity index is 1190. The van der Waals surface area contributed by atoms with Crippen LogP contribution in [0.2, 0.25) is 0 Å². The SMILES string of the molecule is CCOC(=O)C(C)(C)n1c(Cc2ccccc2OC)nc2sc3c(c2c1=O)CCCC3. The van der Waals surface area contributed by atoms with E-state index in [1.165, 1.54) is 4.88 Å². The van der Waals surface area contributed by atoms with Crippen molar-refractivity contribution in [1.29, 1.82) is 0 Å². The molecule has 0 spiro atoms. The first kappa shape index (κ1) is 21.6. The van der Waals surface area contributed by atoms with Gasteiger partial charge in [-0.15, -0.1) is 11.3 Å². The maximum Gasteiger partial charge on any atom is 0.331 e. The van der Waals surface area contributed by atoms with E-state index in [0.717, 1.165) is 47.4 Å². The molecule has 1 aliphatic carbocycles. The molecule has 1 aliphatic rings. The van der Waals surface area contributed by atoms with E-state index in [9.17, 15) is 9.59 Å². The molecule has 6 nitrogen and oxygen atoms in total. The molecule has 0 radical (unpaired) electrons. The molecule has 164 valence electrons. The van der Waals surface area contributed by atoms with Crippen molar-refractivity contribution >= 4 is 27.5 Å². The number of thiophene rings is 1. The summed E-state index contributed by atoms with van der Waals surface area (Å²) in [4.78, 5) is 33.7. The van der Waals surface area contributed by atoms with Crippen LogP contribution in [-0.2, 0) is 34.3 Å². The Morgan fingerprint density at radius 1 is 1.23 bits per heavy atom. The van der Waals surface area contributed by atoms with Gasteiger partial charge in [0.2, 0.25) is 0 Å². The molecule has 0 fully saturated rings. The molecule has 1 aromatic carbocycles. The second-order valence-electron chi connectivity index (χ2n) is 8.33. The zero-order valence-electron chi connectivity index (χ0n) is 18.5. The molecule has 0 bridgehead atoms. The molecule has 0 saturated heterocycles. The third-order valence-electron chi connectivity index (χ3n) is 5.93. The maximum atomic E-state index is 13.9. The van der Waals surface area contributed by atoms with E-state index < -0.39 is 11.5 Å². The molecule has 4 rings (SSSR count). The molecule has 0 aliphatic heterocycles. The van der Waals surface area contributed by atoms with E-state index in [0.29, 0.717) is 17.6 Å². The fraction of sp³-hybridized carbons (Fsp3) is 0.458. The van der Waals surface area contributed by atoms with Crippen molar-refractivity contribution < 1.29 is 14.3 Å². The molecular weight excluding hydrogens is 412 g/mol. The van der Waals surface area contributed by atoms with E-state index >= 15 is 0 Å². The Labute approximate surface area is 185 Å². The van der Waals surface area contributed by atoms with Gasteiger partial charge in [0, 0.05) is 16.9 Å². The zero-order chi connectivity index (χ0) is 22.2. The molecule has 0 unspecified atom stereocenters. The van der Waals surface area contributed by atoms with Crippen molar-refractivity contribution in [3.63, 3.8) is 0 Å². The number of rotatable bonds is 6. The number of esters is 1. The standard InChI is InChI=1S/C24H28N2O4S/c1-5-30-23(28)24(2,3)26-19(14-15-10-6-8-12-17(15)29-4)25-21-20(22(26)27)16-11-7-9-13-18(16)31-21/h6,8,10,12H,5,7,9,11,13-14H2,1-4H3. The highest BCUT2D eigenvalue weighted by Gasteiger charge is 2.36. The fourth-order valence-corrected chi connectivity index (χ4v) is 5.63. The summed E-state index contributed by atoms with van der Waals surface area (Å²) < 4.78 is 12.4. The number of aromatic nitrogens is 2. The summed E-state index contributed by atoms with van der Waals surface area (Å²) in [6.45, 7) is 5.47. The molecule has 0 saturated carbocycles. The van der Waals surface area contributed by atoms with Gasteiger partial charge in [0.25, 0.3) is 5.56 Å². The summed E-state index contributed by atoms with van der Waals surface area (Å²) in [7, 11) is 1.62. The Morgan fingerprint density at radius 3 is 2.71 bits per heavy atom. The summed E-state index contributed by atoms with van der Waals surface area (Å²) in [5, 5.41) is 0.667. The first-order valence-electron chi connectivity index (χ1n) is 10.7. The first-order chi connectivity index (χ1) is 14.9. The van der Waals surface area contributed by atoms with Gasteiger partial charge in [-0.2, -0.15) is 0 Å². The number of carbonyl (C=O) groups is 1. The highest BCUT2D eigenvalue weighted by atomic mass is 32.1. The van der Waals surface area contributed by atoms with Crippen molar-refractivity contribution in [2.45, 2.75) is 58.4 Å². The van der Waals surface area contributed by atoms with Gasteiger partial charge in [-0.05, 0) is 58.1 Å². The Morgan fingerprint density at radius 2 is 1.97 bits per heavy atom. The first-order valence-corrected chi connectivity index (χ1v) is 11.6. The summed E-state index contributed by atoms with van der Waals surface area (Å²) in [6.07, 6.45) is 4.45.